The summed E-state index contributed by atoms with van der Waals surface area (Å²) in [6.07, 6.45) is 8.73. The monoisotopic (exact) mass is 431 g/mol. The number of rotatable bonds is 8. The Bertz CT molecular complexity index is 843. The number of hydrogen-bond acceptors (Lipinski definition) is 3. The number of piperazine rings is 1. The van der Waals surface area contributed by atoms with E-state index in [2.05, 4.69) is 87.5 Å². The second kappa shape index (κ2) is 12.0. The minimum atomic E-state index is 0.352. The van der Waals surface area contributed by atoms with Crippen LogP contribution in [-0.4, -0.2) is 66.4 Å². The summed E-state index contributed by atoms with van der Waals surface area (Å²) in [5, 5.41) is 0. The highest BCUT2D eigenvalue weighted by molar-refractivity contribution is 5.76. The average Bonchev–Trinajstić information content (AvgIpc) is 2.85. The summed E-state index contributed by atoms with van der Waals surface area (Å²) < 4.78 is 0. The zero-order valence-electron chi connectivity index (χ0n) is 19.2. The third kappa shape index (κ3) is 7.04. The van der Waals surface area contributed by atoms with Crippen LogP contribution >= 0.6 is 0 Å². The van der Waals surface area contributed by atoms with E-state index in [0.717, 1.165) is 52.2 Å². The summed E-state index contributed by atoms with van der Waals surface area (Å²) >= 11 is 0. The van der Waals surface area contributed by atoms with Crippen LogP contribution in [0.1, 0.15) is 36.8 Å². The van der Waals surface area contributed by atoms with Gasteiger partial charge in [-0.1, -0.05) is 72.8 Å². The normalized spacial score (nSPS) is 20.6. The standard InChI is InChI=1S/C28H37N3O/c32-28(31-21-19-30(20-22-31)23-26-11-5-2-6-12-26)16-15-27-14-8-18-29(24-27)17-7-13-25-9-3-1-4-10-25/h1-7,9-13,27H,8,14-24H2. The minimum absolute atomic E-state index is 0.352. The quantitative estimate of drug-likeness (QED) is 0.614. The molecule has 0 saturated carbocycles. The van der Waals surface area contributed by atoms with Crippen molar-refractivity contribution < 1.29 is 4.79 Å². The number of carbonyl (C=O) groups excluding carboxylic acids is 1. The first-order valence-electron chi connectivity index (χ1n) is 12.2. The number of carbonyl (C=O) groups is 1. The van der Waals surface area contributed by atoms with Crippen LogP contribution in [0, 0.1) is 5.92 Å². The number of piperidine rings is 1. The van der Waals surface area contributed by atoms with E-state index in [1.165, 1.54) is 30.5 Å². The summed E-state index contributed by atoms with van der Waals surface area (Å²) in [5.41, 5.74) is 2.61. The fourth-order valence-electron chi connectivity index (χ4n) is 4.94. The van der Waals surface area contributed by atoms with Gasteiger partial charge in [-0.3, -0.25) is 14.6 Å². The first kappa shape index (κ1) is 22.8. The number of nitrogens with zero attached hydrogens (tertiary/aromatic N) is 3. The molecular weight excluding hydrogens is 394 g/mol. The Hall–Kier alpha value is -2.43. The van der Waals surface area contributed by atoms with Gasteiger partial charge in [0.05, 0.1) is 0 Å². The Labute approximate surface area is 193 Å². The Balaban J connectivity index is 1.14. The van der Waals surface area contributed by atoms with Crippen molar-refractivity contribution >= 4 is 12.0 Å². The molecule has 1 unspecified atom stereocenters. The second-order valence-electron chi connectivity index (χ2n) is 9.26. The van der Waals surface area contributed by atoms with Crippen molar-refractivity contribution in [1.29, 1.82) is 0 Å². The topological polar surface area (TPSA) is 26.8 Å². The third-order valence-electron chi connectivity index (χ3n) is 6.82. The van der Waals surface area contributed by atoms with Crippen LogP contribution in [-0.2, 0) is 11.3 Å². The lowest BCUT2D eigenvalue weighted by Gasteiger charge is -2.35. The minimum Gasteiger partial charge on any atom is -0.340 e. The highest BCUT2D eigenvalue weighted by Gasteiger charge is 2.24. The van der Waals surface area contributed by atoms with E-state index >= 15 is 0 Å². The van der Waals surface area contributed by atoms with E-state index in [4.69, 9.17) is 0 Å². The van der Waals surface area contributed by atoms with Crippen LogP contribution in [0.4, 0.5) is 0 Å². The van der Waals surface area contributed by atoms with Gasteiger partial charge in [-0.05, 0) is 42.9 Å². The lowest BCUT2D eigenvalue weighted by molar-refractivity contribution is -0.133. The first-order chi connectivity index (χ1) is 15.8. The van der Waals surface area contributed by atoms with Crippen molar-refractivity contribution in [1.82, 2.24) is 14.7 Å². The maximum Gasteiger partial charge on any atom is 0.222 e. The molecular formula is C28H37N3O. The van der Waals surface area contributed by atoms with Crippen molar-refractivity contribution in [3.63, 3.8) is 0 Å². The van der Waals surface area contributed by atoms with Crippen LogP contribution in [0.5, 0.6) is 0 Å². The number of benzene rings is 2. The Morgan fingerprint density at radius 2 is 1.59 bits per heavy atom. The second-order valence-corrected chi connectivity index (χ2v) is 9.26. The van der Waals surface area contributed by atoms with Gasteiger partial charge >= 0.3 is 0 Å². The van der Waals surface area contributed by atoms with E-state index in [-0.39, 0.29) is 0 Å². The highest BCUT2D eigenvalue weighted by atomic mass is 16.2. The molecule has 2 aliphatic heterocycles. The average molecular weight is 432 g/mol. The van der Waals surface area contributed by atoms with Crippen molar-refractivity contribution in [2.45, 2.75) is 32.2 Å². The van der Waals surface area contributed by atoms with Crippen molar-refractivity contribution in [3.8, 4) is 0 Å². The molecule has 4 nitrogen and oxygen atoms in total. The molecule has 1 atom stereocenters. The van der Waals surface area contributed by atoms with Crippen LogP contribution in [0.15, 0.2) is 66.7 Å². The van der Waals surface area contributed by atoms with Gasteiger partial charge in [0.25, 0.3) is 0 Å². The molecule has 170 valence electrons. The summed E-state index contributed by atoms with van der Waals surface area (Å²) in [4.78, 5) is 19.9. The molecule has 2 heterocycles. The van der Waals surface area contributed by atoms with Gasteiger partial charge in [-0.25, -0.2) is 0 Å². The molecule has 1 amide bonds. The summed E-state index contributed by atoms with van der Waals surface area (Å²) in [7, 11) is 0. The molecule has 2 saturated heterocycles. The van der Waals surface area contributed by atoms with Crippen molar-refractivity contribution in [2.24, 2.45) is 5.92 Å². The molecule has 2 fully saturated rings. The van der Waals surface area contributed by atoms with E-state index in [0.29, 0.717) is 18.2 Å². The molecule has 0 radical (unpaired) electrons. The van der Waals surface area contributed by atoms with Gasteiger partial charge in [0.2, 0.25) is 5.91 Å². The maximum atomic E-state index is 12.8. The largest absolute Gasteiger partial charge is 0.340 e. The fourth-order valence-corrected chi connectivity index (χ4v) is 4.94. The molecule has 2 aliphatic rings. The van der Waals surface area contributed by atoms with Crippen LogP contribution in [0.3, 0.4) is 0 Å². The summed E-state index contributed by atoms with van der Waals surface area (Å²) in [6.45, 7) is 7.98. The zero-order chi connectivity index (χ0) is 22.0. The number of hydrogen-bond donors (Lipinski definition) is 0. The van der Waals surface area contributed by atoms with E-state index in [1.807, 2.05) is 0 Å². The van der Waals surface area contributed by atoms with Crippen LogP contribution in [0.2, 0.25) is 0 Å². The molecule has 4 rings (SSSR count). The molecule has 32 heavy (non-hydrogen) atoms. The van der Waals surface area contributed by atoms with Crippen LogP contribution in [0.25, 0.3) is 6.08 Å². The fraction of sp³-hybridized carbons (Fsp3) is 0.464. The van der Waals surface area contributed by atoms with E-state index in [9.17, 15) is 4.79 Å². The van der Waals surface area contributed by atoms with E-state index < -0.39 is 0 Å². The Morgan fingerprint density at radius 1 is 0.875 bits per heavy atom. The summed E-state index contributed by atoms with van der Waals surface area (Å²) in [5.74, 6) is 1.00. The predicted octanol–water partition coefficient (Wildman–Crippen LogP) is 4.54. The van der Waals surface area contributed by atoms with Gasteiger partial charge in [0.1, 0.15) is 0 Å². The molecule has 0 spiro atoms. The maximum absolute atomic E-state index is 12.8. The number of likely N-dealkylation sites (tertiary alicyclic amines) is 1. The smallest absolute Gasteiger partial charge is 0.222 e. The van der Waals surface area contributed by atoms with Crippen molar-refractivity contribution in [3.05, 3.63) is 77.9 Å². The molecule has 0 bridgehead atoms. The van der Waals surface area contributed by atoms with Crippen molar-refractivity contribution in [2.75, 3.05) is 45.8 Å². The van der Waals surface area contributed by atoms with Gasteiger partial charge in [0.15, 0.2) is 0 Å². The van der Waals surface area contributed by atoms with Gasteiger partial charge in [0, 0.05) is 52.2 Å². The molecule has 0 aliphatic carbocycles. The molecule has 2 aromatic carbocycles. The predicted molar refractivity (Wildman–Crippen MR) is 132 cm³/mol. The third-order valence-corrected chi connectivity index (χ3v) is 6.82. The molecule has 0 N–H and O–H groups in total. The van der Waals surface area contributed by atoms with E-state index in [1.54, 1.807) is 0 Å². The zero-order valence-corrected chi connectivity index (χ0v) is 19.2. The lowest BCUT2D eigenvalue weighted by Crippen LogP contribution is -2.48. The first-order valence-corrected chi connectivity index (χ1v) is 12.2. The molecule has 4 heteroatoms. The van der Waals surface area contributed by atoms with Gasteiger partial charge in [-0.15, -0.1) is 0 Å². The molecule has 0 aromatic heterocycles. The lowest BCUT2D eigenvalue weighted by atomic mass is 9.93. The number of amides is 1. The Morgan fingerprint density at radius 3 is 2.34 bits per heavy atom. The Kier molecular flexibility index (Phi) is 8.52. The SMILES string of the molecule is O=C(CCC1CCCN(CC=Cc2ccccc2)C1)N1CCN(Cc2ccccc2)CC1. The highest BCUT2D eigenvalue weighted by Crippen LogP contribution is 2.22. The van der Waals surface area contributed by atoms with Crippen LogP contribution < -0.4 is 0 Å². The van der Waals surface area contributed by atoms with Gasteiger partial charge in [-0.2, -0.15) is 0 Å². The molecule has 2 aromatic rings. The summed E-state index contributed by atoms with van der Waals surface area (Å²) in [6, 6.07) is 21.1. The van der Waals surface area contributed by atoms with Gasteiger partial charge < -0.3 is 4.90 Å².